The van der Waals surface area contributed by atoms with Crippen molar-refractivity contribution in [1.29, 1.82) is 5.26 Å². The van der Waals surface area contributed by atoms with Crippen molar-refractivity contribution in [2.45, 2.75) is 26.9 Å². The van der Waals surface area contributed by atoms with Gasteiger partial charge in [-0.3, -0.25) is 4.79 Å². The predicted molar refractivity (Wildman–Crippen MR) is 99.8 cm³/mol. The van der Waals surface area contributed by atoms with E-state index in [1.54, 1.807) is 25.1 Å². The third-order valence-electron chi connectivity index (χ3n) is 4.19. The molecule has 0 aliphatic heterocycles. The molecule has 5 nitrogen and oxygen atoms in total. The molecule has 26 heavy (non-hydrogen) atoms. The SMILES string of the molecule is CCOc1cc(C#N)ccc1O[C@@H](C)C(=O)c1c(C)[nH]c2ccccc12. The summed E-state index contributed by atoms with van der Waals surface area (Å²) in [5.41, 5.74) is 2.86. The van der Waals surface area contributed by atoms with Gasteiger partial charge in [-0.05, 0) is 39.0 Å². The van der Waals surface area contributed by atoms with Crippen molar-refractivity contribution in [3.8, 4) is 17.6 Å². The molecule has 0 aliphatic rings. The lowest BCUT2D eigenvalue weighted by atomic mass is 10.0. The van der Waals surface area contributed by atoms with Gasteiger partial charge in [-0.1, -0.05) is 18.2 Å². The molecule has 1 heterocycles. The molecule has 0 bridgehead atoms. The van der Waals surface area contributed by atoms with Gasteiger partial charge in [0.2, 0.25) is 5.78 Å². The molecule has 132 valence electrons. The van der Waals surface area contributed by atoms with Gasteiger partial charge < -0.3 is 14.5 Å². The van der Waals surface area contributed by atoms with Crippen molar-refractivity contribution in [2.24, 2.45) is 0 Å². The topological polar surface area (TPSA) is 75.1 Å². The highest BCUT2D eigenvalue weighted by Gasteiger charge is 2.23. The summed E-state index contributed by atoms with van der Waals surface area (Å²) < 4.78 is 11.4. The number of ether oxygens (including phenoxy) is 2. The Morgan fingerprint density at radius 1 is 1.23 bits per heavy atom. The van der Waals surface area contributed by atoms with Gasteiger partial charge in [-0.25, -0.2) is 0 Å². The van der Waals surface area contributed by atoms with Crippen molar-refractivity contribution in [1.82, 2.24) is 4.98 Å². The van der Waals surface area contributed by atoms with E-state index in [1.165, 1.54) is 0 Å². The number of fused-ring (bicyclic) bond motifs is 1. The summed E-state index contributed by atoms with van der Waals surface area (Å²) >= 11 is 0. The van der Waals surface area contributed by atoms with Crippen LogP contribution in [0.25, 0.3) is 10.9 Å². The number of nitrogens with zero attached hydrogens (tertiary/aromatic N) is 1. The maximum atomic E-state index is 13.0. The number of aromatic nitrogens is 1. The normalized spacial score (nSPS) is 11.8. The monoisotopic (exact) mass is 348 g/mol. The average Bonchev–Trinajstić information content (AvgIpc) is 2.98. The van der Waals surface area contributed by atoms with Gasteiger partial charge in [0.25, 0.3) is 0 Å². The molecule has 0 aliphatic carbocycles. The minimum atomic E-state index is -0.694. The quantitative estimate of drug-likeness (QED) is 0.670. The summed E-state index contributed by atoms with van der Waals surface area (Å²) in [5.74, 6) is 0.804. The first kappa shape index (κ1) is 17.6. The summed E-state index contributed by atoms with van der Waals surface area (Å²) in [6.45, 7) is 5.90. The fraction of sp³-hybridized carbons (Fsp3) is 0.238. The van der Waals surface area contributed by atoms with Crippen LogP contribution in [0.15, 0.2) is 42.5 Å². The Morgan fingerprint density at radius 2 is 2.00 bits per heavy atom. The molecule has 0 radical (unpaired) electrons. The third kappa shape index (κ3) is 3.27. The first-order valence-electron chi connectivity index (χ1n) is 8.50. The first-order valence-corrected chi connectivity index (χ1v) is 8.50. The Bertz CT molecular complexity index is 998. The van der Waals surface area contributed by atoms with Crippen LogP contribution in [-0.4, -0.2) is 23.5 Å². The summed E-state index contributed by atoms with van der Waals surface area (Å²) in [6.07, 6.45) is -0.694. The van der Waals surface area contributed by atoms with Crippen LogP contribution in [0.3, 0.4) is 0 Å². The van der Waals surface area contributed by atoms with E-state index in [9.17, 15) is 4.79 Å². The number of aryl methyl sites for hydroxylation is 1. The van der Waals surface area contributed by atoms with Gasteiger partial charge in [-0.15, -0.1) is 0 Å². The number of Topliss-reactive ketones (excluding diaryl/α,β-unsaturated/α-hetero) is 1. The molecule has 0 saturated heterocycles. The van der Waals surface area contributed by atoms with E-state index in [4.69, 9.17) is 14.7 Å². The molecular weight excluding hydrogens is 328 g/mol. The number of para-hydroxylation sites is 1. The van der Waals surface area contributed by atoms with Crippen molar-refractivity contribution in [2.75, 3.05) is 6.61 Å². The first-order chi connectivity index (χ1) is 12.5. The van der Waals surface area contributed by atoms with Crippen molar-refractivity contribution >= 4 is 16.7 Å². The number of H-pyrrole nitrogens is 1. The predicted octanol–water partition coefficient (Wildman–Crippen LogP) is 4.40. The molecule has 1 atom stereocenters. The standard InChI is InChI=1S/C21H20N2O3/c1-4-25-19-11-15(12-22)9-10-18(19)26-14(3)21(24)20-13(2)23-17-8-6-5-7-16(17)20/h5-11,14,23H,4H2,1-3H3/t14-/m0/s1. The Morgan fingerprint density at radius 3 is 2.73 bits per heavy atom. The third-order valence-corrected chi connectivity index (χ3v) is 4.19. The molecule has 1 aromatic heterocycles. The lowest BCUT2D eigenvalue weighted by Crippen LogP contribution is -2.24. The lowest BCUT2D eigenvalue weighted by molar-refractivity contribution is 0.0814. The number of nitriles is 1. The van der Waals surface area contributed by atoms with E-state index in [-0.39, 0.29) is 5.78 Å². The molecule has 0 spiro atoms. The number of aromatic amines is 1. The molecule has 0 unspecified atom stereocenters. The highest BCUT2D eigenvalue weighted by Crippen LogP contribution is 2.31. The van der Waals surface area contributed by atoms with Crippen LogP contribution in [0.1, 0.15) is 35.5 Å². The minimum Gasteiger partial charge on any atom is -0.490 e. The van der Waals surface area contributed by atoms with Crippen LogP contribution >= 0.6 is 0 Å². The number of hydrogen-bond donors (Lipinski definition) is 1. The molecule has 2 aromatic carbocycles. The lowest BCUT2D eigenvalue weighted by Gasteiger charge is -2.17. The second kappa shape index (κ2) is 7.32. The molecule has 1 N–H and O–H groups in total. The zero-order valence-electron chi connectivity index (χ0n) is 15.0. The number of benzene rings is 2. The molecule has 3 aromatic rings. The van der Waals surface area contributed by atoms with Crippen molar-refractivity contribution in [3.05, 3.63) is 59.3 Å². The van der Waals surface area contributed by atoms with Gasteiger partial charge in [0, 0.05) is 28.2 Å². The molecule has 0 amide bonds. The van der Waals surface area contributed by atoms with Crippen molar-refractivity contribution < 1.29 is 14.3 Å². The van der Waals surface area contributed by atoms with Crippen LogP contribution in [0, 0.1) is 18.3 Å². The van der Waals surface area contributed by atoms with Crippen LogP contribution in [-0.2, 0) is 0 Å². The second-order valence-electron chi connectivity index (χ2n) is 6.00. The van der Waals surface area contributed by atoms with E-state index in [1.807, 2.05) is 38.1 Å². The Balaban J connectivity index is 1.90. The Hall–Kier alpha value is -3.26. The molecule has 3 rings (SSSR count). The largest absolute Gasteiger partial charge is 0.490 e. The highest BCUT2D eigenvalue weighted by molar-refractivity contribution is 6.11. The summed E-state index contributed by atoms with van der Waals surface area (Å²) in [5, 5.41) is 9.93. The summed E-state index contributed by atoms with van der Waals surface area (Å²) in [4.78, 5) is 16.2. The number of carbonyl (C=O) groups is 1. The van der Waals surface area contributed by atoms with Crippen LogP contribution < -0.4 is 9.47 Å². The van der Waals surface area contributed by atoms with Crippen molar-refractivity contribution in [3.63, 3.8) is 0 Å². The fourth-order valence-electron chi connectivity index (χ4n) is 2.98. The maximum Gasteiger partial charge on any atom is 0.205 e. The number of carbonyl (C=O) groups excluding carboxylic acids is 1. The number of rotatable bonds is 6. The zero-order chi connectivity index (χ0) is 18.7. The van der Waals surface area contributed by atoms with Gasteiger partial charge in [0.1, 0.15) is 0 Å². The second-order valence-corrected chi connectivity index (χ2v) is 6.00. The van der Waals surface area contributed by atoms with E-state index in [2.05, 4.69) is 11.1 Å². The number of nitrogens with one attached hydrogen (secondary N) is 1. The van der Waals surface area contributed by atoms with Crippen LogP contribution in [0.2, 0.25) is 0 Å². The zero-order valence-corrected chi connectivity index (χ0v) is 15.0. The summed E-state index contributed by atoms with van der Waals surface area (Å²) in [6, 6.07) is 14.7. The fourth-order valence-corrected chi connectivity index (χ4v) is 2.98. The summed E-state index contributed by atoms with van der Waals surface area (Å²) in [7, 11) is 0. The average molecular weight is 348 g/mol. The smallest absolute Gasteiger partial charge is 0.205 e. The molecule has 0 fully saturated rings. The highest BCUT2D eigenvalue weighted by atomic mass is 16.5. The Labute approximate surface area is 152 Å². The minimum absolute atomic E-state index is 0.105. The molecule has 0 saturated carbocycles. The van der Waals surface area contributed by atoms with E-state index in [0.29, 0.717) is 29.2 Å². The van der Waals surface area contributed by atoms with Gasteiger partial charge in [0.05, 0.1) is 18.2 Å². The number of hydrogen-bond acceptors (Lipinski definition) is 4. The van der Waals surface area contributed by atoms with Gasteiger partial charge in [0.15, 0.2) is 17.6 Å². The van der Waals surface area contributed by atoms with Gasteiger partial charge in [-0.2, -0.15) is 5.26 Å². The van der Waals surface area contributed by atoms with Crippen LogP contribution in [0.4, 0.5) is 0 Å². The van der Waals surface area contributed by atoms with Crippen LogP contribution in [0.5, 0.6) is 11.5 Å². The van der Waals surface area contributed by atoms with E-state index < -0.39 is 6.10 Å². The van der Waals surface area contributed by atoms with Gasteiger partial charge >= 0.3 is 0 Å². The molecular formula is C21H20N2O3. The van der Waals surface area contributed by atoms with E-state index >= 15 is 0 Å². The number of ketones is 1. The Kier molecular flexibility index (Phi) is 4.94. The maximum absolute atomic E-state index is 13.0. The van der Waals surface area contributed by atoms with E-state index in [0.717, 1.165) is 16.6 Å². The molecule has 5 heteroatoms.